The Morgan fingerprint density at radius 2 is 2.03 bits per heavy atom. The number of aryl methyl sites for hydroxylation is 1. The third-order valence-corrected chi connectivity index (χ3v) is 5.51. The minimum absolute atomic E-state index is 0.0413. The van der Waals surface area contributed by atoms with Gasteiger partial charge in [0.1, 0.15) is 5.83 Å². The highest BCUT2D eigenvalue weighted by atomic mass is 35.5. The van der Waals surface area contributed by atoms with Crippen molar-refractivity contribution < 1.29 is 32.3 Å². The van der Waals surface area contributed by atoms with E-state index >= 15 is 0 Å². The molecule has 3 atom stereocenters. The molecular weight excluding hydrogens is 438 g/mol. The highest BCUT2D eigenvalue weighted by Gasteiger charge is 2.47. The first-order chi connectivity index (χ1) is 14.4. The molecule has 1 unspecified atom stereocenters. The Morgan fingerprint density at radius 1 is 1.35 bits per heavy atom. The summed E-state index contributed by atoms with van der Waals surface area (Å²) in [5.41, 5.74) is 0.834. The molecule has 31 heavy (non-hydrogen) atoms. The van der Waals surface area contributed by atoms with Crippen LogP contribution < -0.4 is 5.32 Å². The normalized spacial score (nSPS) is 18.1. The summed E-state index contributed by atoms with van der Waals surface area (Å²) in [4.78, 5) is 23.7. The Kier molecular flexibility index (Phi) is 8.06. The SMILES string of the molecule is C=C(F)C1=CCC([C@@H](C(=O)Nc2cc(CCC(=O)O)ccc2Cl)[C@@H](C)C(F)(F)F)C=C1. The fourth-order valence-corrected chi connectivity index (χ4v) is 3.56. The van der Waals surface area contributed by atoms with Crippen LogP contribution in [0.25, 0.3) is 0 Å². The number of allylic oxidation sites excluding steroid dienone is 5. The van der Waals surface area contributed by atoms with E-state index in [-0.39, 0.29) is 35.5 Å². The lowest BCUT2D eigenvalue weighted by molar-refractivity contribution is -0.188. The number of halogens is 5. The molecular formula is C22H22ClF4NO3. The van der Waals surface area contributed by atoms with Crippen LogP contribution in [0.4, 0.5) is 23.2 Å². The molecule has 0 radical (unpaired) electrons. The van der Waals surface area contributed by atoms with Gasteiger partial charge in [0, 0.05) is 12.0 Å². The summed E-state index contributed by atoms with van der Waals surface area (Å²) in [5.74, 6) is -6.86. The molecule has 0 spiro atoms. The summed E-state index contributed by atoms with van der Waals surface area (Å²) in [6, 6.07) is 4.47. The Bertz CT molecular complexity index is 924. The second-order valence-corrected chi connectivity index (χ2v) is 7.78. The zero-order valence-electron chi connectivity index (χ0n) is 16.7. The molecule has 0 aromatic heterocycles. The molecule has 0 heterocycles. The first-order valence-corrected chi connectivity index (χ1v) is 9.89. The Morgan fingerprint density at radius 3 is 2.55 bits per heavy atom. The maximum atomic E-state index is 13.5. The number of anilines is 1. The average molecular weight is 460 g/mol. The first kappa shape index (κ1) is 24.7. The molecule has 1 aliphatic carbocycles. The first-order valence-electron chi connectivity index (χ1n) is 9.51. The minimum atomic E-state index is -4.63. The maximum absolute atomic E-state index is 13.5. The lowest BCUT2D eigenvalue weighted by Crippen LogP contribution is -2.40. The van der Waals surface area contributed by atoms with Gasteiger partial charge in [0.15, 0.2) is 0 Å². The van der Waals surface area contributed by atoms with Crippen LogP contribution in [0.1, 0.15) is 25.3 Å². The highest BCUT2D eigenvalue weighted by molar-refractivity contribution is 6.33. The van der Waals surface area contributed by atoms with Gasteiger partial charge in [-0.3, -0.25) is 9.59 Å². The van der Waals surface area contributed by atoms with Crippen molar-refractivity contribution in [3.8, 4) is 0 Å². The number of carbonyl (C=O) groups excluding carboxylic acids is 1. The van der Waals surface area contributed by atoms with E-state index in [0.29, 0.717) is 5.56 Å². The van der Waals surface area contributed by atoms with Gasteiger partial charge in [-0.1, -0.05) is 49.4 Å². The quantitative estimate of drug-likeness (QED) is 0.462. The van der Waals surface area contributed by atoms with Crippen LogP contribution in [0.3, 0.4) is 0 Å². The molecule has 0 aliphatic heterocycles. The molecule has 0 bridgehead atoms. The molecule has 2 N–H and O–H groups in total. The van der Waals surface area contributed by atoms with Crippen LogP contribution in [0.5, 0.6) is 0 Å². The molecule has 168 valence electrons. The van der Waals surface area contributed by atoms with E-state index in [0.717, 1.165) is 6.92 Å². The lowest BCUT2D eigenvalue weighted by Gasteiger charge is -2.31. The van der Waals surface area contributed by atoms with Crippen molar-refractivity contribution in [1.29, 1.82) is 0 Å². The molecule has 1 aromatic carbocycles. The largest absolute Gasteiger partial charge is 0.481 e. The Labute approximate surface area is 182 Å². The fraction of sp³-hybridized carbons (Fsp3) is 0.364. The van der Waals surface area contributed by atoms with E-state index in [1.165, 1.54) is 30.4 Å². The van der Waals surface area contributed by atoms with Gasteiger partial charge >= 0.3 is 12.1 Å². The van der Waals surface area contributed by atoms with Crippen molar-refractivity contribution in [3.05, 3.63) is 65.0 Å². The maximum Gasteiger partial charge on any atom is 0.392 e. The van der Waals surface area contributed by atoms with E-state index in [1.807, 2.05) is 0 Å². The van der Waals surface area contributed by atoms with Gasteiger partial charge in [-0.25, -0.2) is 4.39 Å². The monoisotopic (exact) mass is 459 g/mol. The van der Waals surface area contributed by atoms with E-state index in [2.05, 4.69) is 11.9 Å². The molecule has 1 aromatic rings. The predicted octanol–water partition coefficient (Wildman–Crippen LogP) is 6.10. The molecule has 0 fully saturated rings. The van der Waals surface area contributed by atoms with Crippen molar-refractivity contribution >= 4 is 29.2 Å². The number of carboxylic acids is 1. The van der Waals surface area contributed by atoms with Crippen LogP contribution in [0.15, 0.2) is 54.4 Å². The number of nitrogens with one attached hydrogen (secondary N) is 1. The average Bonchev–Trinajstić information content (AvgIpc) is 2.68. The lowest BCUT2D eigenvalue weighted by atomic mass is 9.77. The summed E-state index contributed by atoms with van der Waals surface area (Å²) < 4.78 is 53.8. The van der Waals surface area contributed by atoms with Gasteiger partial charge in [-0.15, -0.1) is 0 Å². The molecule has 0 saturated carbocycles. The second kappa shape index (κ2) is 10.1. The van der Waals surface area contributed by atoms with Crippen LogP contribution in [0.2, 0.25) is 5.02 Å². The smallest absolute Gasteiger partial charge is 0.392 e. The zero-order valence-corrected chi connectivity index (χ0v) is 17.4. The van der Waals surface area contributed by atoms with Crippen molar-refractivity contribution in [2.45, 2.75) is 32.4 Å². The van der Waals surface area contributed by atoms with Gasteiger partial charge in [0.2, 0.25) is 5.91 Å². The molecule has 4 nitrogen and oxygen atoms in total. The van der Waals surface area contributed by atoms with Crippen molar-refractivity contribution in [2.24, 2.45) is 17.8 Å². The summed E-state index contributed by atoms with van der Waals surface area (Å²) in [6.07, 6.45) is -0.447. The molecule has 0 saturated heterocycles. The summed E-state index contributed by atoms with van der Waals surface area (Å²) in [7, 11) is 0. The topological polar surface area (TPSA) is 66.4 Å². The number of carboxylic acid groups (broad SMARTS) is 1. The van der Waals surface area contributed by atoms with Crippen LogP contribution >= 0.6 is 11.6 Å². The van der Waals surface area contributed by atoms with Crippen molar-refractivity contribution in [1.82, 2.24) is 0 Å². The number of alkyl halides is 3. The van der Waals surface area contributed by atoms with Crippen molar-refractivity contribution in [3.63, 3.8) is 0 Å². The van der Waals surface area contributed by atoms with E-state index < -0.39 is 41.6 Å². The third kappa shape index (κ3) is 6.69. The van der Waals surface area contributed by atoms with Crippen molar-refractivity contribution in [2.75, 3.05) is 5.32 Å². The third-order valence-electron chi connectivity index (χ3n) is 5.18. The standard InChI is InChI=1S/C22H22ClF4NO3/c1-12(22(25,26)27)20(16-7-5-15(6-8-16)13(2)24)21(31)28-18-11-14(3-9-17(18)23)4-10-19(29)30/h3,5-7,9,11-12,16,20H,2,4,8,10H2,1H3,(H,28,31)(H,29,30)/t12-,16?,20+/m1/s1. The summed E-state index contributed by atoms with van der Waals surface area (Å²) in [6.45, 7) is 4.09. The Hall–Kier alpha value is -2.61. The molecule has 1 amide bonds. The molecule has 1 aliphatic rings. The number of benzene rings is 1. The van der Waals surface area contributed by atoms with E-state index in [9.17, 15) is 27.2 Å². The number of rotatable bonds is 8. The van der Waals surface area contributed by atoms with Gasteiger partial charge in [0.25, 0.3) is 0 Å². The number of hydrogen-bond donors (Lipinski definition) is 2. The summed E-state index contributed by atoms with van der Waals surface area (Å²) in [5, 5.41) is 11.4. The second-order valence-electron chi connectivity index (χ2n) is 7.38. The number of carbonyl (C=O) groups is 2. The van der Waals surface area contributed by atoms with Gasteiger partial charge in [-0.05, 0) is 36.5 Å². The zero-order chi connectivity index (χ0) is 23.3. The van der Waals surface area contributed by atoms with E-state index in [1.54, 1.807) is 6.07 Å². The minimum Gasteiger partial charge on any atom is -0.481 e. The fourth-order valence-electron chi connectivity index (χ4n) is 3.39. The molecule has 2 rings (SSSR count). The van der Waals surface area contributed by atoms with Crippen LogP contribution in [0, 0.1) is 17.8 Å². The summed E-state index contributed by atoms with van der Waals surface area (Å²) >= 11 is 6.09. The molecule has 9 heteroatoms. The number of aliphatic carboxylic acids is 1. The van der Waals surface area contributed by atoms with Gasteiger partial charge in [0.05, 0.1) is 22.5 Å². The van der Waals surface area contributed by atoms with Gasteiger partial charge < -0.3 is 10.4 Å². The Balaban J connectivity index is 2.28. The number of hydrogen-bond acceptors (Lipinski definition) is 2. The van der Waals surface area contributed by atoms with E-state index in [4.69, 9.17) is 16.7 Å². The van der Waals surface area contributed by atoms with Crippen LogP contribution in [-0.4, -0.2) is 23.2 Å². The van der Waals surface area contributed by atoms with Crippen LogP contribution in [-0.2, 0) is 16.0 Å². The number of amides is 1. The predicted molar refractivity (Wildman–Crippen MR) is 110 cm³/mol. The highest BCUT2D eigenvalue weighted by Crippen LogP contribution is 2.40. The van der Waals surface area contributed by atoms with Gasteiger partial charge in [-0.2, -0.15) is 13.2 Å².